The van der Waals surface area contributed by atoms with Crippen molar-refractivity contribution in [3.8, 4) is 5.75 Å². The number of hydrogen-bond donors (Lipinski definition) is 2. The average molecular weight is 309 g/mol. The van der Waals surface area contributed by atoms with Gasteiger partial charge in [0.1, 0.15) is 12.4 Å². The highest BCUT2D eigenvalue weighted by Gasteiger charge is 2.14. The molecule has 3 aromatic rings. The molecular weight excluding hydrogens is 290 g/mol. The van der Waals surface area contributed by atoms with E-state index in [9.17, 15) is 4.79 Å². The normalized spacial score (nSPS) is 12.2. The van der Waals surface area contributed by atoms with Gasteiger partial charge >= 0.3 is 5.97 Å². The molecule has 118 valence electrons. The zero-order valence-corrected chi connectivity index (χ0v) is 13.0. The summed E-state index contributed by atoms with van der Waals surface area (Å²) in [4.78, 5) is 14.2. The van der Waals surface area contributed by atoms with Gasteiger partial charge in [0.05, 0.1) is 5.92 Å². The molecule has 0 radical (unpaired) electrons. The van der Waals surface area contributed by atoms with Crippen molar-refractivity contribution in [3.05, 3.63) is 65.9 Å². The molecule has 0 aliphatic carbocycles. The number of aromatic amines is 1. The SMILES string of the molecule is CC(Cc1c[nH]c2ccc(OCc3ccccc3)cc12)C(=O)O. The lowest BCUT2D eigenvalue weighted by Crippen LogP contribution is -2.11. The molecule has 1 heterocycles. The first-order valence-electron chi connectivity index (χ1n) is 7.63. The van der Waals surface area contributed by atoms with Crippen molar-refractivity contribution >= 4 is 16.9 Å². The smallest absolute Gasteiger partial charge is 0.306 e. The fourth-order valence-corrected chi connectivity index (χ4v) is 2.57. The van der Waals surface area contributed by atoms with E-state index in [1.54, 1.807) is 6.92 Å². The molecule has 0 spiro atoms. The quantitative estimate of drug-likeness (QED) is 0.723. The van der Waals surface area contributed by atoms with Gasteiger partial charge in [-0.1, -0.05) is 37.3 Å². The summed E-state index contributed by atoms with van der Waals surface area (Å²) in [5.41, 5.74) is 3.10. The van der Waals surface area contributed by atoms with Gasteiger partial charge in [-0.15, -0.1) is 0 Å². The standard InChI is InChI=1S/C19H19NO3/c1-13(19(21)22)9-15-11-20-18-8-7-16(10-17(15)18)23-12-14-5-3-2-4-6-14/h2-8,10-11,13,20H,9,12H2,1H3,(H,21,22). The molecule has 4 nitrogen and oxygen atoms in total. The van der Waals surface area contributed by atoms with Crippen LogP contribution in [0, 0.1) is 5.92 Å². The van der Waals surface area contributed by atoms with Crippen molar-refractivity contribution in [2.24, 2.45) is 5.92 Å². The Kier molecular flexibility index (Phi) is 4.33. The first-order chi connectivity index (χ1) is 11.1. The molecule has 4 heteroatoms. The lowest BCUT2D eigenvalue weighted by atomic mass is 10.0. The van der Waals surface area contributed by atoms with E-state index in [1.165, 1.54) is 0 Å². The molecule has 0 amide bonds. The first-order valence-corrected chi connectivity index (χ1v) is 7.63. The Labute approximate surface area is 134 Å². The summed E-state index contributed by atoms with van der Waals surface area (Å²) < 4.78 is 5.85. The molecule has 1 atom stereocenters. The van der Waals surface area contributed by atoms with Gasteiger partial charge in [0, 0.05) is 17.1 Å². The summed E-state index contributed by atoms with van der Waals surface area (Å²) in [6.07, 6.45) is 2.38. The maximum Gasteiger partial charge on any atom is 0.306 e. The van der Waals surface area contributed by atoms with Crippen LogP contribution in [-0.4, -0.2) is 16.1 Å². The van der Waals surface area contributed by atoms with E-state index >= 15 is 0 Å². The molecule has 2 aromatic carbocycles. The zero-order valence-electron chi connectivity index (χ0n) is 13.0. The van der Waals surface area contributed by atoms with Crippen LogP contribution in [0.5, 0.6) is 5.75 Å². The predicted octanol–water partition coefficient (Wildman–Crippen LogP) is 4.01. The highest BCUT2D eigenvalue weighted by Crippen LogP contribution is 2.26. The van der Waals surface area contributed by atoms with E-state index in [2.05, 4.69) is 4.98 Å². The van der Waals surface area contributed by atoms with E-state index in [-0.39, 0.29) is 0 Å². The van der Waals surface area contributed by atoms with Crippen molar-refractivity contribution < 1.29 is 14.6 Å². The van der Waals surface area contributed by atoms with Crippen LogP contribution in [0.25, 0.3) is 10.9 Å². The van der Waals surface area contributed by atoms with E-state index in [4.69, 9.17) is 9.84 Å². The number of carboxylic acid groups (broad SMARTS) is 1. The molecular formula is C19H19NO3. The van der Waals surface area contributed by atoms with Crippen molar-refractivity contribution in [1.82, 2.24) is 4.98 Å². The maximum atomic E-state index is 11.1. The highest BCUT2D eigenvalue weighted by atomic mass is 16.5. The van der Waals surface area contributed by atoms with Gasteiger partial charge in [-0.2, -0.15) is 0 Å². The summed E-state index contributed by atoms with van der Waals surface area (Å²) in [6.45, 7) is 2.23. The van der Waals surface area contributed by atoms with Crippen LogP contribution in [0.2, 0.25) is 0 Å². The number of rotatable bonds is 6. The van der Waals surface area contributed by atoms with E-state index in [0.29, 0.717) is 13.0 Å². The minimum absolute atomic E-state index is 0.414. The van der Waals surface area contributed by atoms with Crippen molar-refractivity contribution in [3.63, 3.8) is 0 Å². The topological polar surface area (TPSA) is 62.3 Å². The van der Waals surface area contributed by atoms with Gasteiger partial charge in [0.25, 0.3) is 0 Å². The van der Waals surface area contributed by atoms with Crippen LogP contribution in [0.4, 0.5) is 0 Å². The fourth-order valence-electron chi connectivity index (χ4n) is 2.57. The fraction of sp³-hybridized carbons (Fsp3) is 0.211. The van der Waals surface area contributed by atoms with Crippen LogP contribution in [0.15, 0.2) is 54.7 Å². The number of carbonyl (C=O) groups is 1. The minimum Gasteiger partial charge on any atom is -0.489 e. The van der Waals surface area contributed by atoms with Crippen molar-refractivity contribution in [2.75, 3.05) is 0 Å². The second-order valence-electron chi connectivity index (χ2n) is 5.74. The predicted molar refractivity (Wildman–Crippen MR) is 89.6 cm³/mol. The molecule has 0 bridgehead atoms. The van der Waals surface area contributed by atoms with E-state index in [0.717, 1.165) is 27.8 Å². The third-order valence-electron chi connectivity index (χ3n) is 3.93. The Morgan fingerprint density at radius 1 is 1.22 bits per heavy atom. The number of carboxylic acids is 1. The maximum absolute atomic E-state index is 11.1. The molecule has 0 fully saturated rings. The lowest BCUT2D eigenvalue weighted by molar-refractivity contribution is -0.141. The van der Waals surface area contributed by atoms with E-state index < -0.39 is 11.9 Å². The summed E-state index contributed by atoms with van der Waals surface area (Å²) in [6, 6.07) is 15.9. The summed E-state index contributed by atoms with van der Waals surface area (Å²) in [7, 11) is 0. The van der Waals surface area contributed by atoms with Gasteiger partial charge < -0.3 is 14.8 Å². The number of aromatic nitrogens is 1. The number of H-pyrrole nitrogens is 1. The second kappa shape index (κ2) is 6.57. The lowest BCUT2D eigenvalue weighted by Gasteiger charge is -2.08. The Morgan fingerprint density at radius 2 is 2.00 bits per heavy atom. The van der Waals surface area contributed by atoms with Gasteiger partial charge in [-0.05, 0) is 35.7 Å². The third kappa shape index (κ3) is 3.54. The molecule has 23 heavy (non-hydrogen) atoms. The highest BCUT2D eigenvalue weighted by molar-refractivity contribution is 5.85. The molecule has 0 aliphatic heterocycles. The zero-order chi connectivity index (χ0) is 16.2. The molecule has 3 rings (SSSR count). The number of benzene rings is 2. The van der Waals surface area contributed by atoms with Gasteiger partial charge in [-0.3, -0.25) is 4.79 Å². The minimum atomic E-state index is -0.782. The van der Waals surface area contributed by atoms with Crippen LogP contribution >= 0.6 is 0 Å². The summed E-state index contributed by atoms with van der Waals surface area (Å²) >= 11 is 0. The Morgan fingerprint density at radius 3 is 2.74 bits per heavy atom. The first kappa shape index (κ1) is 15.2. The number of nitrogens with one attached hydrogen (secondary N) is 1. The number of aliphatic carboxylic acids is 1. The molecule has 0 saturated heterocycles. The monoisotopic (exact) mass is 309 g/mol. The molecule has 1 unspecified atom stereocenters. The van der Waals surface area contributed by atoms with Gasteiger partial charge in [0.15, 0.2) is 0 Å². The summed E-state index contributed by atoms with van der Waals surface area (Å²) in [5.74, 6) is -0.413. The molecule has 2 N–H and O–H groups in total. The molecule has 1 aromatic heterocycles. The van der Waals surface area contributed by atoms with Crippen LogP contribution in [0.3, 0.4) is 0 Å². The number of hydrogen-bond acceptors (Lipinski definition) is 2. The number of ether oxygens (including phenoxy) is 1. The largest absolute Gasteiger partial charge is 0.489 e. The summed E-state index contributed by atoms with van der Waals surface area (Å²) in [5, 5.41) is 10.1. The third-order valence-corrected chi connectivity index (χ3v) is 3.93. The molecule has 0 aliphatic rings. The Hall–Kier alpha value is -2.75. The van der Waals surface area contributed by atoms with Crippen LogP contribution in [0.1, 0.15) is 18.1 Å². The van der Waals surface area contributed by atoms with Crippen molar-refractivity contribution in [1.29, 1.82) is 0 Å². The van der Waals surface area contributed by atoms with Gasteiger partial charge in [0.2, 0.25) is 0 Å². The van der Waals surface area contributed by atoms with Crippen LogP contribution < -0.4 is 4.74 Å². The van der Waals surface area contributed by atoms with Crippen molar-refractivity contribution in [2.45, 2.75) is 20.0 Å². The second-order valence-corrected chi connectivity index (χ2v) is 5.74. The molecule has 0 saturated carbocycles. The number of fused-ring (bicyclic) bond motifs is 1. The van der Waals surface area contributed by atoms with Gasteiger partial charge in [-0.25, -0.2) is 0 Å². The Bertz CT molecular complexity index is 808. The van der Waals surface area contributed by atoms with E-state index in [1.807, 2.05) is 54.7 Å². The van der Waals surface area contributed by atoms with Crippen LogP contribution in [-0.2, 0) is 17.8 Å². The Balaban J connectivity index is 1.78. The average Bonchev–Trinajstić information content (AvgIpc) is 2.96.